The van der Waals surface area contributed by atoms with E-state index in [1.54, 1.807) is 0 Å². The summed E-state index contributed by atoms with van der Waals surface area (Å²) in [6, 6.07) is 7.92. The van der Waals surface area contributed by atoms with E-state index in [0.29, 0.717) is 19.0 Å². The summed E-state index contributed by atoms with van der Waals surface area (Å²) in [5.74, 6) is 1.19. The minimum Gasteiger partial charge on any atom is -0.491 e. The van der Waals surface area contributed by atoms with Crippen LogP contribution in [-0.2, 0) is 0 Å². The Kier molecular flexibility index (Phi) is 3.22. The fourth-order valence-electron chi connectivity index (χ4n) is 1.94. The lowest BCUT2D eigenvalue weighted by Gasteiger charge is -2.37. The molecule has 1 fully saturated rings. The molecule has 0 unspecified atom stereocenters. The average molecular weight is 235 g/mol. The molecular formula is C13H17NO3. The van der Waals surface area contributed by atoms with Crippen molar-refractivity contribution >= 4 is 6.09 Å². The average Bonchev–Trinajstić information content (AvgIpc) is 2.16. The predicted molar refractivity (Wildman–Crippen MR) is 64.5 cm³/mol. The van der Waals surface area contributed by atoms with Crippen LogP contribution in [0.5, 0.6) is 5.75 Å². The smallest absolute Gasteiger partial charge is 0.407 e. The van der Waals surface area contributed by atoms with Gasteiger partial charge in [0.15, 0.2) is 0 Å². The van der Waals surface area contributed by atoms with Crippen molar-refractivity contribution in [3.8, 4) is 5.75 Å². The zero-order valence-corrected chi connectivity index (χ0v) is 10.1. The van der Waals surface area contributed by atoms with Gasteiger partial charge in [-0.15, -0.1) is 0 Å². The molecular weight excluding hydrogens is 218 g/mol. The number of rotatable bonds is 3. The largest absolute Gasteiger partial charge is 0.491 e. The van der Waals surface area contributed by atoms with Crippen LogP contribution in [0.15, 0.2) is 24.3 Å². The Morgan fingerprint density at radius 2 is 1.94 bits per heavy atom. The van der Waals surface area contributed by atoms with Gasteiger partial charge in [0.05, 0.1) is 6.10 Å². The lowest BCUT2D eigenvalue weighted by molar-refractivity contribution is 0.105. The molecule has 0 aliphatic carbocycles. The van der Waals surface area contributed by atoms with E-state index < -0.39 is 6.09 Å². The van der Waals surface area contributed by atoms with E-state index in [9.17, 15) is 4.79 Å². The van der Waals surface area contributed by atoms with Crippen LogP contribution in [-0.4, -0.2) is 35.3 Å². The number of amides is 1. The fraction of sp³-hybridized carbons (Fsp3) is 0.462. The minimum absolute atomic E-state index is 0.173. The summed E-state index contributed by atoms with van der Waals surface area (Å²) in [6.07, 6.45) is -0.659. The molecule has 17 heavy (non-hydrogen) atoms. The van der Waals surface area contributed by atoms with E-state index in [2.05, 4.69) is 0 Å². The summed E-state index contributed by atoms with van der Waals surface area (Å²) < 4.78 is 5.56. The second kappa shape index (κ2) is 4.65. The first kappa shape index (κ1) is 11.8. The van der Waals surface area contributed by atoms with E-state index in [1.807, 2.05) is 38.1 Å². The Morgan fingerprint density at radius 1 is 1.35 bits per heavy atom. The van der Waals surface area contributed by atoms with Gasteiger partial charge in [0.25, 0.3) is 0 Å². The molecule has 1 heterocycles. The molecule has 0 aromatic heterocycles. The molecule has 0 bridgehead atoms. The van der Waals surface area contributed by atoms with Gasteiger partial charge in [-0.2, -0.15) is 0 Å². The van der Waals surface area contributed by atoms with Gasteiger partial charge in [-0.25, -0.2) is 4.79 Å². The second-order valence-corrected chi connectivity index (χ2v) is 4.62. The van der Waals surface area contributed by atoms with Crippen LogP contribution in [0.3, 0.4) is 0 Å². The van der Waals surface area contributed by atoms with Gasteiger partial charge in [-0.1, -0.05) is 12.1 Å². The highest BCUT2D eigenvalue weighted by Crippen LogP contribution is 2.28. The number of hydrogen-bond acceptors (Lipinski definition) is 2. The highest BCUT2D eigenvalue weighted by Gasteiger charge is 2.31. The first-order valence-electron chi connectivity index (χ1n) is 5.80. The van der Waals surface area contributed by atoms with Crippen molar-refractivity contribution in [1.82, 2.24) is 4.90 Å². The Balaban J connectivity index is 1.93. The monoisotopic (exact) mass is 235 g/mol. The second-order valence-electron chi connectivity index (χ2n) is 4.62. The van der Waals surface area contributed by atoms with Crippen LogP contribution in [0.25, 0.3) is 0 Å². The fourth-order valence-corrected chi connectivity index (χ4v) is 1.94. The molecule has 1 aliphatic heterocycles. The van der Waals surface area contributed by atoms with Crippen LogP contribution in [0.1, 0.15) is 25.3 Å². The van der Waals surface area contributed by atoms with E-state index in [-0.39, 0.29) is 6.10 Å². The topological polar surface area (TPSA) is 49.8 Å². The van der Waals surface area contributed by atoms with Gasteiger partial charge in [0.1, 0.15) is 5.75 Å². The van der Waals surface area contributed by atoms with Crippen LogP contribution in [0, 0.1) is 0 Å². The third-order valence-corrected chi connectivity index (χ3v) is 2.88. The Labute approximate surface area is 101 Å². The summed E-state index contributed by atoms with van der Waals surface area (Å²) in [6.45, 7) is 5.18. The third kappa shape index (κ3) is 2.70. The van der Waals surface area contributed by atoms with Crippen molar-refractivity contribution in [2.75, 3.05) is 13.1 Å². The number of likely N-dealkylation sites (tertiary alicyclic amines) is 1. The number of nitrogens with zero attached hydrogens (tertiary/aromatic N) is 1. The quantitative estimate of drug-likeness (QED) is 0.875. The Morgan fingerprint density at radius 3 is 2.41 bits per heavy atom. The zero-order valence-electron chi connectivity index (χ0n) is 10.1. The molecule has 4 nitrogen and oxygen atoms in total. The molecule has 1 saturated heterocycles. The summed E-state index contributed by atoms with van der Waals surface area (Å²) in [4.78, 5) is 12.1. The van der Waals surface area contributed by atoms with Crippen LogP contribution in [0.2, 0.25) is 0 Å². The van der Waals surface area contributed by atoms with Crippen LogP contribution in [0.4, 0.5) is 4.79 Å². The lowest BCUT2D eigenvalue weighted by Crippen LogP contribution is -2.47. The maximum absolute atomic E-state index is 10.6. The third-order valence-electron chi connectivity index (χ3n) is 2.88. The van der Waals surface area contributed by atoms with Crippen molar-refractivity contribution in [2.24, 2.45) is 0 Å². The van der Waals surface area contributed by atoms with E-state index in [4.69, 9.17) is 9.84 Å². The molecule has 92 valence electrons. The molecule has 0 spiro atoms. The molecule has 1 amide bonds. The summed E-state index contributed by atoms with van der Waals surface area (Å²) >= 11 is 0. The van der Waals surface area contributed by atoms with E-state index in [1.165, 1.54) is 10.5 Å². The van der Waals surface area contributed by atoms with Crippen LogP contribution >= 0.6 is 0 Å². The molecule has 2 rings (SSSR count). The zero-order chi connectivity index (χ0) is 12.4. The maximum Gasteiger partial charge on any atom is 0.407 e. The molecule has 1 aromatic carbocycles. The van der Waals surface area contributed by atoms with Gasteiger partial charge in [-0.3, -0.25) is 0 Å². The molecule has 1 N–H and O–H groups in total. The highest BCUT2D eigenvalue weighted by molar-refractivity contribution is 5.66. The van der Waals surface area contributed by atoms with Gasteiger partial charge in [-0.05, 0) is 31.5 Å². The van der Waals surface area contributed by atoms with Gasteiger partial charge in [0.2, 0.25) is 0 Å². The van der Waals surface area contributed by atoms with Gasteiger partial charge >= 0.3 is 6.09 Å². The molecule has 0 atom stereocenters. The van der Waals surface area contributed by atoms with Crippen LogP contribution < -0.4 is 4.74 Å². The predicted octanol–water partition coefficient (Wildman–Crippen LogP) is 2.55. The van der Waals surface area contributed by atoms with Gasteiger partial charge in [0, 0.05) is 19.0 Å². The molecule has 4 heteroatoms. The van der Waals surface area contributed by atoms with Gasteiger partial charge < -0.3 is 14.7 Å². The Hall–Kier alpha value is -1.71. The summed E-state index contributed by atoms with van der Waals surface area (Å²) in [5, 5.41) is 8.75. The number of hydrogen-bond donors (Lipinski definition) is 1. The van der Waals surface area contributed by atoms with Crippen molar-refractivity contribution in [3.05, 3.63) is 29.8 Å². The van der Waals surface area contributed by atoms with E-state index in [0.717, 1.165) is 5.75 Å². The number of carboxylic acid groups (broad SMARTS) is 1. The number of ether oxygens (including phenoxy) is 1. The normalized spacial score (nSPS) is 15.8. The summed E-state index contributed by atoms with van der Waals surface area (Å²) in [7, 11) is 0. The molecule has 0 radical (unpaired) electrons. The number of benzene rings is 1. The molecule has 0 saturated carbocycles. The van der Waals surface area contributed by atoms with E-state index >= 15 is 0 Å². The minimum atomic E-state index is -0.832. The summed E-state index contributed by atoms with van der Waals surface area (Å²) in [5.41, 5.74) is 1.18. The first-order chi connectivity index (χ1) is 8.06. The molecule has 1 aliphatic rings. The number of carbonyl (C=O) groups is 1. The SMILES string of the molecule is CC(C)Oc1ccc(C2CN(C(=O)O)C2)cc1. The highest BCUT2D eigenvalue weighted by atomic mass is 16.5. The Bertz CT molecular complexity index is 394. The maximum atomic E-state index is 10.6. The first-order valence-corrected chi connectivity index (χ1v) is 5.80. The molecule has 1 aromatic rings. The van der Waals surface area contributed by atoms with Crippen molar-refractivity contribution in [1.29, 1.82) is 0 Å². The van der Waals surface area contributed by atoms with Crippen molar-refractivity contribution in [3.63, 3.8) is 0 Å². The lowest BCUT2D eigenvalue weighted by atomic mass is 9.92. The van der Waals surface area contributed by atoms with Crippen molar-refractivity contribution in [2.45, 2.75) is 25.9 Å². The standard InChI is InChI=1S/C13H17NO3/c1-9(2)17-12-5-3-10(4-6-12)11-7-14(8-11)13(15)16/h3-6,9,11H,7-8H2,1-2H3,(H,15,16). The van der Waals surface area contributed by atoms with Crippen molar-refractivity contribution < 1.29 is 14.6 Å².